The van der Waals surface area contributed by atoms with Crippen molar-refractivity contribution in [3.05, 3.63) is 58.3 Å². The predicted octanol–water partition coefficient (Wildman–Crippen LogP) is 2.92. The molecule has 1 N–H and O–H groups in total. The maximum absolute atomic E-state index is 13.6. The Kier molecular flexibility index (Phi) is 7.14. The molecule has 0 unspecified atom stereocenters. The number of nitrogens with zero attached hydrogens (tertiary/aromatic N) is 2. The zero-order chi connectivity index (χ0) is 23.4. The minimum Gasteiger partial charge on any atom is -0.354 e. The molecule has 1 aromatic carbocycles. The number of hydrogen-bond donors (Lipinski definition) is 1. The summed E-state index contributed by atoms with van der Waals surface area (Å²) in [5.74, 6) is -0.386. The Morgan fingerprint density at radius 2 is 1.85 bits per heavy atom. The van der Waals surface area contributed by atoms with Gasteiger partial charge in [-0.15, -0.1) is 11.3 Å². The Morgan fingerprint density at radius 3 is 2.48 bits per heavy atom. The van der Waals surface area contributed by atoms with Crippen molar-refractivity contribution in [3.63, 3.8) is 0 Å². The van der Waals surface area contributed by atoms with Crippen molar-refractivity contribution in [3.8, 4) is 0 Å². The third-order valence-electron chi connectivity index (χ3n) is 6.40. The zero-order valence-electron chi connectivity index (χ0n) is 19.2. The number of hydrogen-bond acceptors (Lipinski definition) is 5. The van der Waals surface area contributed by atoms with Crippen LogP contribution in [0.5, 0.6) is 0 Å². The Balaban J connectivity index is 1.51. The Hall–Kier alpha value is -2.71. The highest BCUT2D eigenvalue weighted by atomic mass is 32.1. The molecular formula is C25H31N3O4S. The average Bonchev–Trinajstić information content (AvgIpc) is 3.47. The quantitative estimate of drug-likeness (QED) is 0.706. The zero-order valence-corrected chi connectivity index (χ0v) is 20.0. The van der Waals surface area contributed by atoms with Crippen molar-refractivity contribution >= 4 is 29.1 Å². The van der Waals surface area contributed by atoms with Gasteiger partial charge in [-0.3, -0.25) is 19.3 Å². The van der Waals surface area contributed by atoms with Crippen LogP contribution in [0.3, 0.4) is 0 Å². The predicted molar refractivity (Wildman–Crippen MR) is 127 cm³/mol. The van der Waals surface area contributed by atoms with Gasteiger partial charge in [-0.2, -0.15) is 0 Å². The first-order chi connectivity index (χ1) is 15.9. The molecule has 2 saturated heterocycles. The van der Waals surface area contributed by atoms with Gasteiger partial charge in [0.2, 0.25) is 11.8 Å². The van der Waals surface area contributed by atoms with Crippen LogP contribution in [0.15, 0.2) is 47.8 Å². The van der Waals surface area contributed by atoms with E-state index in [1.54, 1.807) is 28.4 Å². The smallest absolute Gasteiger partial charge is 0.256 e. The molecule has 0 aliphatic carbocycles. The highest BCUT2D eigenvalue weighted by Crippen LogP contribution is 2.38. The number of piperidine rings is 1. The fourth-order valence-corrected chi connectivity index (χ4v) is 5.32. The second-order valence-electron chi connectivity index (χ2n) is 8.91. The summed E-state index contributed by atoms with van der Waals surface area (Å²) in [6.07, 6.45) is 1.73. The van der Waals surface area contributed by atoms with Crippen molar-refractivity contribution in [1.82, 2.24) is 15.1 Å². The number of rotatable bonds is 6. The van der Waals surface area contributed by atoms with Crippen LogP contribution in [0.4, 0.5) is 0 Å². The molecule has 7 nitrogen and oxygen atoms in total. The van der Waals surface area contributed by atoms with Gasteiger partial charge in [0.25, 0.3) is 5.91 Å². The van der Waals surface area contributed by atoms with Gasteiger partial charge in [-0.25, -0.2) is 0 Å². The molecule has 2 fully saturated rings. The van der Waals surface area contributed by atoms with E-state index in [0.29, 0.717) is 38.0 Å². The standard InChI is InChI=1S/C25H31N3O4S/c1-18(2)23(30)27-14-11-25(12-15-27)28(24(31)19-7-4-3-5-8-19)21(17-32-25)22(29)26-13-10-20-9-6-16-33-20/h3-9,16,18,21H,10-15,17H2,1-2H3,(H,26,29)/t21-/m0/s1. The van der Waals surface area contributed by atoms with Crippen LogP contribution in [0, 0.1) is 5.92 Å². The molecule has 0 saturated carbocycles. The van der Waals surface area contributed by atoms with E-state index in [4.69, 9.17) is 4.74 Å². The summed E-state index contributed by atoms with van der Waals surface area (Å²) in [6, 6.07) is 12.4. The average molecular weight is 470 g/mol. The summed E-state index contributed by atoms with van der Waals surface area (Å²) in [7, 11) is 0. The third kappa shape index (κ3) is 4.96. The van der Waals surface area contributed by atoms with Gasteiger partial charge in [0.05, 0.1) is 6.61 Å². The highest BCUT2D eigenvalue weighted by Gasteiger charge is 2.54. The molecule has 1 aromatic heterocycles. The fraction of sp³-hybridized carbons (Fsp3) is 0.480. The van der Waals surface area contributed by atoms with Crippen LogP contribution in [0.1, 0.15) is 41.9 Å². The molecule has 3 amide bonds. The minimum atomic E-state index is -0.879. The normalized spacial score (nSPS) is 19.8. The number of amides is 3. The van der Waals surface area contributed by atoms with Crippen LogP contribution in [-0.2, 0) is 20.7 Å². The maximum Gasteiger partial charge on any atom is 0.256 e. The van der Waals surface area contributed by atoms with E-state index in [2.05, 4.69) is 5.32 Å². The molecule has 4 rings (SSSR count). The Bertz CT molecular complexity index is 969. The monoisotopic (exact) mass is 469 g/mol. The molecule has 0 bridgehead atoms. The van der Waals surface area contributed by atoms with E-state index < -0.39 is 11.8 Å². The first-order valence-corrected chi connectivity index (χ1v) is 12.4. The van der Waals surface area contributed by atoms with Gasteiger partial charge in [0, 0.05) is 48.8 Å². The minimum absolute atomic E-state index is 0.0764. The molecule has 2 aromatic rings. The second-order valence-corrected chi connectivity index (χ2v) is 9.95. The van der Waals surface area contributed by atoms with Crippen LogP contribution < -0.4 is 5.32 Å². The number of carbonyl (C=O) groups is 3. The van der Waals surface area contributed by atoms with Crippen LogP contribution in [-0.4, -0.2) is 65.5 Å². The number of ether oxygens (including phenoxy) is 1. The molecule has 2 aliphatic rings. The number of thiophene rings is 1. The van der Waals surface area contributed by atoms with E-state index in [-0.39, 0.29) is 30.2 Å². The van der Waals surface area contributed by atoms with E-state index in [9.17, 15) is 14.4 Å². The van der Waals surface area contributed by atoms with Gasteiger partial charge < -0.3 is 15.0 Å². The Labute approximate surface area is 198 Å². The van der Waals surface area contributed by atoms with Crippen molar-refractivity contribution in [1.29, 1.82) is 0 Å². The van der Waals surface area contributed by atoms with Crippen molar-refractivity contribution < 1.29 is 19.1 Å². The topological polar surface area (TPSA) is 79.0 Å². The van der Waals surface area contributed by atoms with Crippen molar-refractivity contribution in [2.45, 2.75) is 44.9 Å². The molecule has 176 valence electrons. The van der Waals surface area contributed by atoms with E-state index >= 15 is 0 Å². The lowest BCUT2D eigenvalue weighted by Gasteiger charge is -2.44. The molecule has 2 aliphatic heterocycles. The van der Waals surface area contributed by atoms with Crippen LogP contribution >= 0.6 is 11.3 Å². The van der Waals surface area contributed by atoms with Gasteiger partial charge in [-0.1, -0.05) is 38.1 Å². The summed E-state index contributed by atoms with van der Waals surface area (Å²) >= 11 is 1.66. The van der Waals surface area contributed by atoms with Crippen molar-refractivity contribution in [2.75, 3.05) is 26.2 Å². The second kappa shape index (κ2) is 10.1. The lowest BCUT2D eigenvalue weighted by Crippen LogP contribution is -2.60. The van der Waals surface area contributed by atoms with E-state index in [1.807, 2.05) is 54.5 Å². The molecule has 1 spiro atoms. The summed E-state index contributed by atoms with van der Waals surface area (Å²) in [4.78, 5) is 43.9. The SMILES string of the molecule is CC(C)C(=O)N1CCC2(CC1)OC[C@@H](C(=O)NCCc1cccs1)N2C(=O)c1ccccc1. The van der Waals surface area contributed by atoms with Crippen molar-refractivity contribution in [2.24, 2.45) is 5.92 Å². The summed E-state index contributed by atoms with van der Waals surface area (Å²) in [5.41, 5.74) is -0.351. The first-order valence-electron chi connectivity index (χ1n) is 11.5. The highest BCUT2D eigenvalue weighted by molar-refractivity contribution is 7.09. The largest absolute Gasteiger partial charge is 0.354 e. The molecule has 33 heavy (non-hydrogen) atoms. The number of carbonyl (C=O) groups excluding carboxylic acids is 3. The molecule has 3 heterocycles. The number of likely N-dealkylation sites (tertiary alicyclic amines) is 1. The third-order valence-corrected chi connectivity index (χ3v) is 7.34. The maximum atomic E-state index is 13.6. The number of benzene rings is 1. The van der Waals surface area contributed by atoms with Crippen LogP contribution in [0.25, 0.3) is 0 Å². The fourth-order valence-electron chi connectivity index (χ4n) is 4.61. The Morgan fingerprint density at radius 1 is 1.12 bits per heavy atom. The molecular weight excluding hydrogens is 438 g/mol. The lowest BCUT2D eigenvalue weighted by atomic mass is 9.95. The van der Waals surface area contributed by atoms with E-state index in [1.165, 1.54) is 4.88 Å². The van der Waals surface area contributed by atoms with E-state index in [0.717, 1.165) is 6.42 Å². The van der Waals surface area contributed by atoms with Gasteiger partial charge >= 0.3 is 0 Å². The van der Waals surface area contributed by atoms with Gasteiger partial charge in [-0.05, 0) is 30.0 Å². The summed E-state index contributed by atoms with van der Waals surface area (Å²) in [6.45, 7) is 5.44. The molecule has 8 heteroatoms. The first kappa shape index (κ1) is 23.4. The molecule has 1 atom stereocenters. The summed E-state index contributed by atoms with van der Waals surface area (Å²) in [5, 5.41) is 5.01. The molecule has 0 radical (unpaired) electrons. The van der Waals surface area contributed by atoms with Gasteiger partial charge in [0.15, 0.2) is 0 Å². The number of nitrogens with one attached hydrogen (secondary N) is 1. The lowest BCUT2D eigenvalue weighted by molar-refractivity contribution is -0.146. The van der Waals surface area contributed by atoms with Gasteiger partial charge in [0.1, 0.15) is 11.8 Å². The summed E-state index contributed by atoms with van der Waals surface area (Å²) < 4.78 is 6.22. The van der Waals surface area contributed by atoms with Crippen LogP contribution in [0.2, 0.25) is 0 Å².